The number of aromatic nitrogens is 2. The molecule has 0 radical (unpaired) electrons. The molecule has 144 valence electrons. The number of methoxy groups -OCH3 is 1. The third-order valence-corrected chi connectivity index (χ3v) is 6.51. The number of thioether (sulfide) groups is 1. The molecule has 1 N–H and O–H groups in total. The van der Waals surface area contributed by atoms with E-state index in [1.54, 1.807) is 18.9 Å². The van der Waals surface area contributed by atoms with Gasteiger partial charge in [-0.2, -0.15) is 5.10 Å². The highest BCUT2D eigenvalue weighted by Gasteiger charge is 2.32. The molecule has 1 amide bonds. The average molecular weight is 458 g/mol. The van der Waals surface area contributed by atoms with E-state index < -0.39 is 0 Å². The minimum Gasteiger partial charge on any atom is -0.496 e. The molecule has 7 heteroatoms. The van der Waals surface area contributed by atoms with Gasteiger partial charge >= 0.3 is 0 Å². The summed E-state index contributed by atoms with van der Waals surface area (Å²) < 4.78 is 8.41. The fourth-order valence-corrected chi connectivity index (χ4v) is 4.99. The van der Waals surface area contributed by atoms with Crippen molar-refractivity contribution in [3.63, 3.8) is 0 Å². The van der Waals surface area contributed by atoms with Crippen LogP contribution in [0.3, 0.4) is 0 Å². The first-order valence-corrected chi connectivity index (χ1v) is 10.7. The van der Waals surface area contributed by atoms with Crippen molar-refractivity contribution in [2.45, 2.75) is 19.1 Å². The summed E-state index contributed by atoms with van der Waals surface area (Å²) in [7, 11) is 1.67. The van der Waals surface area contributed by atoms with Crippen LogP contribution in [0.2, 0.25) is 0 Å². The van der Waals surface area contributed by atoms with Gasteiger partial charge in [-0.15, -0.1) is 11.8 Å². The summed E-state index contributed by atoms with van der Waals surface area (Å²) in [6.45, 7) is 4.03. The number of nitrogens with zero attached hydrogens (tertiary/aromatic N) is 2. The van der Waals surface area contributed by atoms with Crippen LogP contribution in [-0.2, 0) is 4.79 Å². The number of ether oxygens (including phenoxy) is 1. The van der Waals surface area contributed by atoms with Gasteiger partial charge in [0.2, 0.25) is 5.91 Å². The van der Waals surface area contributed by atoms with Crippen molar-refractivity contribution in [1.82, 2.24) is 9.78 Å². The van der Waals surface area contributed by atoms with E-state index >= 15 is 0 Å². The number of nitrogens with one attached hydrogen (secondary N) is 1. The van der Waals surface area contributed by atoms with E-state index in [1.807, 2.05) is 54.9 Å². The molecule has 0 saturated carbocycles. The summed E-state index contributed by atoms with van der Waals surface area (Å²) in [5, 5.41) is 7.75. The Hall–Kier alpha value is -2.25. The zero-order valence-electron chi connectivity index (χ0n) is 15.8. The van der Waals surface area contributed by atoms with Gasteiger partial charge in [0, 0.05) is 15.6 Å². The lowest BCUT2D eigenvalue weighted by Crippen LogP contribution is -2.15. The van der Waals surface area contributed by atoms with Crippen molar-refractivity contribution in [3.8, 4) is 11.4 Å². The maximum Gasteiger partial charge on any atom is 0.235 e. The van der Waals surface area contributed by atoms with E-state index in [1.165, 1.54) is 5.56 Å². The highest BCUT2D eigenvalue weighted by atomic mass is 79.9. The predicted molar refractivity (Wildman–Crippen MR) is 117 cm³/mol. The molecule has 0 unspecified atom stereocenters. The first-order chi connectivity index (χ1) is 13.5. The number of hydrogen-bond donors (Lipinski definition) is 1. The molecule has 1 atom stereocenters. The third kappa shape index (κ3) is 3.44. The highest BCUT2D eigenvalue weighted by molar-refractivity contribution is 9.10. The summed E-state index contributed by atoms with van der Waals surface area (Å²) in [5.41, 5.74) is 5.01. The fraction of sp³-hybridized carbons (Fsp3) is 0.238. The Morgan fingerprint density at radius 3 is 2.68 bits per heavy atom. The van der Waals surface area contributed by atoms with Gasteiger partial charge in [0.25, 0.3) is 0 Å². The zero-order valence-corrected chi connectivity index (χ0v) is 18.2. The predicted octanol–water partition coefficient (Wildman–Crippen LogP) is 5.03. The lowest BCUT2D eigenvalue weighted by Gasteiger charge is -2.18. The maximum absolute atomic E-state index is 12.5. The number of fused-ring (bicyclic) bond motifs is 1. The second kappa shape index (κ2) is 7.64. The van der Waals surface area contributed by atoms with Crippen molar-refractivity contribution in [3.05, 3.63) is 69.3 Å². The van der Waals surface area contributed by atoms with E-state index in [9.17, 15) is 4.79 Å². The van der Waals surface area contributed by atoms with Crippen LogP contribution in [-0.4, -0.2) is 28.6 Å². The van der Waals surface area contributed by atoms with Crippen LogP contribution in [0.1, 0.15) is 27.6 Å². The second-order valence-corrected chi connectivity index (χ2v) is 8.73. The molecule has 1 aromatic heterocycles. The quantitative estimate of drug-likeness (QED) is 0.598. The Bertz CT molecular complexity index is 1050. The van der Waals surface area contributed by atoms with Crippen molar-refractivity contribution >= 4 is 39.4 Å². The van der Waals surface area contributed by atoms with E-state index in [-0.39, 0.29) is 11.2 Å². The number of rotatable bonds is 3. The summed E-state index contributed by atoms with van der Waals surface area (Å²) in [5.74, 6) is 1.85. The van der Waals surface area contributed by atoms with Crippen LogP contribution in [0.4, 0.5) is 5.82 Å². The molecular formula is C21H20BrN3O2S. The van der Waals surface area contributed by atoms with Gasteiger partial charge in [0.1, 0.15) is 11.6 Å². The molecule has 0 aliphatic carbocycles. The van der Waals surface area contributed by atoms with Gasteiger partial charge in [-0.3, -0.25) is 4.79 Å². The molecule has 0 spiro atoms. The smallest absolute Gasteiger partial charge is 0.235 e. The third-order valence-electron chi connectivity index (χ3n) is 4.76. The van der Waals surface area contributed by atoms with Gasteiger partial charge in [0.15, 0.2) is 0 Å². The molecule has 2 aromatic carbocycles. The minimum absolute atomic E-state index is 0.0315. The van der Waals surface area contributed by atoms with E-state index in [0.717, 1.165) is 38.5 Å². The molecule has 5 nitrogen and oxygen atoms in total. The Kier molecular flexibility index (Phi) is 5.21. The average Bonchev–Trinajstić information content (AvgIpc) is 2.88. The normalized spacial score (nSPS) is 16.3. The van der Waals surface area contributed by atoms with Crippen LogP contribution in [0.5, 0.6) is 5.75 Å². The molecular weight excluding hydrogens is 438 g/mol. The molecule has 0 bridgehead atoms. The summed E-state index contributed by atoms with van der Waals surface area (Å²) in [6.07, 6.45) is 0. The maximum atomic E-state index is 12.5. The first kappa shape index (κ1) is 19.1. The fourth-order valence-electron chi connectivity index (χ4n) is 3.41. The Morgan fingerprint density at radius 1 is 1.21 bits per heavy atom. The van der Waals surface area contributed by atoms with E-state index in [2.05, 4.69) is 27.3 Å². The van der Waals surface area contributed by atoms with Gasteiger partial charge in [0.05, 0.1) is 29.5 Å². The monoisotopic (exact) mass is 457 g/mol. The molecule has 0 fully saturated rings. The Labute approximate surface area is 176 Å². The van der Waals surface area contributed by atoms with Crippen molar-refractivity contribution in [2.24, 2.45) is 0 Å². The topological polar surface area (TPSA) is 56.1 Å². The molecule has 2 heterocycles. The van der Waals surface area contributed by atoms with Crippen LogP contribution < -0.4 is 10.1 Å². The number of halogens is 1. The van der Waals surface area contributed by atoms with Gasteiger partial charge < -0.3 is 10.1 Å². The molecule has 28 heavy (non-hydrogen) atoms. The lowest BCUT2D eigenvalue weighted by molar-refractivity contribution is -0.113. The van der Waals surface area contributed by atoms with Crippen LogP contribution >= 0.6 is 27.7 Å². The highest BCUT2D eigenvalue weighted by Crippen LogP contribution is 2.47. The largest absolute Gasteiger partial charge is 0.496 e. The second-order valence-electron chi connectivity index (χ2n) is 6.72. The van der Waals surface area contributed by atoms with Crippen LogP contribution in [0.25, 0.3) is 5.69 Å². The van der Waals surface area contributed by atoms with Gasteiger partial charge in [-0.25, -0.2) is 4.68 Å². The Balaban J connectivity index is 1.91. The van der Waals surface area contributed by atoms with Crippen molar-refractivity contribution in [1.29, 1.82) is 0 Å². The van der Waals surface area contributed by atoms with Gasteiger partial charge in [-0.05, 0) is 44.2 Å². The first-order valence-electron chi connectivity index (χ1n) is 8.89. The molecule has 0 saturated heterocycles. The number of aryl methyl sites for hydroxylation is 2. The molecule has 4 rings (SSSR count). The number of anilines is 1. The lowest BCUT2D eigenvalue weighted by atomic mass is 10.0. The SMILES string of the molecule is COc1ccc(Br)cc1[C@H]1SCC(=O)Nc2c1c(C)nn2-c1ccc(C)cc1. The summed E-state index contributed by atoms with van der Waals surface area (Å²) in [6, 6.07) is 14.1. The number of carbonyl (C=O) groups is 1. The van der Waals surface area contributed by atoms with Crippen molar-refractivity contribution in [2.75, 3.05) is 18.2 Å². The summed E-state index contributed by atoms with van der Waals surface area (Å²) in [4.78, 5) is 12.5. The molecule has 3 aromatic rings. The molecule has 1 aliphatic rings. The zero-order chi connectivity index (χ0) is 19.8. The standard InChI is InChI=1S/C21H20BrN3O2S/c1-12-4-7-15(8-5-12)25-21-19(13(2)24-25)20(28-11-18(26)23-21)16-10-14(22)6-9-17(16)27-3/h4-10,20H,11H2,1-3H3,(H,23,26)/t20-/m1/s1. The molecule has 1 aliphatic heterocycles. The number of carbonyl (C=O) groups excluding carboxylic acids is 1. The number of amides is 1. The Morgan fingerprint density at radius 2 is 1.96 bits per heavy atom. The van der Waals surface area contributed by atoms with E-state index in [0.29, 0.717) is 5.75 Å². The van der Waals surface area contributed by atoms with Crippen LogP contribution in [0.15, 0.2) is 46.9 Å². The van der Waals surface area contributed by atoms with Crippen molar-refractivity contribution < 1.29 is 9.53 Å². The van der Waals surface area contributed by atoms with Crippen LogP contribution in [0, 0.1) is 13.8 Å². The van der Waals surface area contributed by atoms with Gasteiger partial charge in [-0.1, -0.05) is 33.6 Å². The summed E-state index contributed by atoms with van der Waals surface area (Å²) >= 11 is 5.15. The number of hydrogen-bond acceptors (Lipinski definition) is 4. The van der Waals surface area contributed by atoms with E-state index in [4.69, 9.17) is 9.84 Å². The minimum atomic E-state index is -0.0689. The number of benzene rings is 2.